The highest BCUT2D eigenvalue weighted by molar-refractivity contribution is 5.68. The van der Waals surface area contributed by atoms with Gasteiger partial charge in [-0.2, -0.15) is 0 Å². The fourth-order valence-electron chi connectivity index (χ4n) is 1.85. The van der Waals surface area contributed by atoms with Crippen molar-refractivity contribution in [3.8, 4) is 0 Å². The Morgan fingerprint density at radius 2 is 1.65 bits per heavy atom. The van der Waals surface area contributed by atoms with E-state index in [2.05, 4.69) is 5.32 Å². The maximum absolute atomic E-state index is 12.0. The number of alkyl carbamates (subject to hydrolysis) is 1. The molecular weight excluding hydrogens is 254 g/mol. The minimum Gasteiger partial charge on any atom is -0.444 e. The van der Waals surface area contributed by atoms with Gasteiger partial charge in [0.05, 0.1) is 11.6 Å². The number of carbonyl (C=O) groups excluding carboxylic acids is 1. The van der Waals surface area contributed by atoms with Gasteiger partial charge in [-0.25, -0.2) is 4.79 Å². The largest absolute Gasteiger partial charge is 0.444 e. The van der Waals surface area contributed by atoms with E-state index in [1.807, 2.05) is 65.0 Å². The SMILES string of the molecule is COC(C)(C)C(NC(=O)OC(C)(C)C)c1ccccc1. The van der Waals surface area contributed by atoms with Crippen LogP contribution in [-0.4, -0.2) is 24.4 Å². The third-order valence-electron chi connectivity index (χ3n) is 3.02. The number of carbonyl (C=O) groups is 1. The van der Waals surface area contributed by atoms with Gasteiger partial charge in [-0.15, -0.1) is 0 Å². The molecule has 4 heteroatoms. The Morgan fingerprint density at radius 1 is 1.10 bits per heavy atom. The molecule has 1 unspecified atom stereocenters. The van der Waals surface area contributed by atoms with Crippen LogP contribution in [0.4, 0.5) is 4.79 Å². The van der Waals surface area contributed by atoms with E-state index in [1.54, 1.807) is 7.11 Å². The van der Waals surface area contributed by atoms with Crippen molar-refractivity contribution in [1.82, 2.24) is 5.32 Å². The number of methoxy groups -OCH3 is 1. The molecule has 0 radical (unpaired) electrons. The fourth-order valence-corrected chi connectivity index (χ4v) is 1.85. The first kappa shape index (κ1) is 16.5. The fraction of sp³-hybridized carbons (Fsp3) is 0.562. The number of amides is 1. The van der Waals surface area contributed by atoms with Crippen LogP contribution in [-0.2, 0) is 9.47 Å². The van der Waals surface area contributed by atoms with Crippen molar-refractivity contribution in [3.05, 3.63) is 35.9 Å². The highest BCUT2D eigenvalue weighted by Gasteiger charge is 2.33. The van der Waals surface area contributed by atoms with Crippen molar-refractivity contribution in [2.24, 2.45) is 0 Å². The van der Waals surface area contributed by atoms with E-state index in [0.717, 1.165) is 5.56 Å². The second-order valence-electron chi connectivity index (χ2n) is 6.30. The van der Waals surface area contributed by atoms with Gasteiger partial charge in [0.2, 0.25) is 0 Å². The summed E-state index contributed by atoms with van der Waals surface area (Å²) in [5.41, 5.74) is -0.0916. The Balaban J connectivity index is 2.93. The molecule has 1 amide bonds. The van der Waals surface area contributed by atoms with E-state index < -0.39 is 17.3 Å². The molecule has 0 aliphatic carbocycles. The van der Waals surface area contributed by atoms with Crippen LogP contribution in [0.2, 0.25) is 0 Å². The first-order valence-corrected chi connectivity index (χ1v) is 6.75. The molecule has 0 aromatic heterocycles. The molecule has 0 fully saturated rings. The van der Waals surface area contributed by atoms with Gasteiger partial charge in [0.15, 0.2) is 0 Å². The molecule has 0 aliphatic heterocycles. The standard InChI is InChI=1S/C16H25NO3/c1-15(2,3)20-14(18)17-13(16(4,5)19-6)12-10-8-7-9-11-12/h7-11,13H,1-6H3,(H,17,18). The number of benzene rings is 1. The Kier molecular flexibility index (Phi) is 5.17. The van der Waals surface area contributed by atoms with Gasteiger partial charge in [-0.05, 0) is 40.2 Å². The summed E-state index contributed by atoms with van der Waals surface area (Å²) in [6, 6.07) is 9.44. The van der Waals surface area contributed by atoms with Gasteiger partial charge < -0.3 is 14.8 Å². The normalized spacial score (nSPS) is 13.7. The maximum Gasteiger partial charge on any atom is 0.408 e. The van der Waals surface area contributed by atoms with Crippen LogP contribution in [0.25, 0.3) is 0 Å². The lowest BCUT2D eigenvalue weighted by molar-refractivity contribution is -0.0171. The molecule has 0 aliphatic rings. The predicted molar refractivity (Wildman–Crippen MR) is 79.6 cm³/mol. The van der Waals surface area contributed by atoms with Gasteiger partial charge >= 0.3 is 6.09 Å². The van der Waals surface area contributed by atoms with Gasteiger partial charge in [0, 0.05) is 7.11 Å². The van der Waals surface area contributed by atoms with Crippen molar-refractivity contribution < 1.29 is 14.3 Å². The second kappa shape index (κ2) is 6.27. The van der Waals surface area contributed by atoms with Gasteiger partial charge in [0.1, 0.15) is 5.60 Å². The minimum atomic E-state index is -0.543. The zero-order valence-corrected chi connectivity index (χ0v) is 13.2. The van der Waals surface area contributed by atoms with Crippen LogP contribution in [0, 0.1) is 0 Å². The van der Waals surface area contributed by atoms with Crippen molar-refractivity contribution in [2.75, 3.05) is 7.11 Å². The third-order valence-corrected chi connectivity index (χ3v) is 3.02. The quantitative estimate of drug-likeness (QED) is 0.914. The van der Waals surface area contributed by atoms with Gasteiger partial charge in [0.25, 0.3) is 0 Å². The van der Waals surface area contributed by atoms with Crippen LogP contribution >= 0.6 is 0 Å². The Labute approximate surface area is 121 Å². The molecule has 0 heterocycles. The van der Waals surface area contributed by atoms with E-state index in [0.29, 0.717) is 0 Å². The summed E-state index contributed by atoms with van der Waals surface area (Å²) in [5, 5.41) is 2.89. The van der Waals surface area contributed by atoms with Crippen molar-refractivity contribution in [1.29, 1.82) is 0 Å². The predicted octanol–water partition coefficient (Wildman–Crippen LogP) is 3.68. The van der Waals surface area contributed by atoms with Crippen LogP contribution < -0.4 is 5.32 Å². The van der Waals surface area contributed by atoms with Crippen LogP contribution in [0.1, 0.15) is 46.2 Å². The third kappa shape index (κ3) is 4.85. The molecule has 1 aromatic rings. The van der Waals surface area contributed by atoms with E-state index >= 15 is 0 Å². The van der Waals surface area contributed by atoms with E-state index in [-0.39, 0.29) is 6.04 Å². The van der Waals surface area contributed by atoms with E-state index in [1.165, 1.54) is 0 Å². The minimum absolute atomic E-state index is 0.288. The Bertz CT molecular complexity index is 435. The zero-order chi connectivity index (χ0) is 15.4. The molecule has 112 valence electrons. The van der Waals surface area contributed by atoms with Gasteiger partial charge in [-0.1, -0.05) is 30.3 Å². The Morgan fingerprint density at radius 3 is 2.10 bits per heavy atom. The van der Waals surface area contributed by atoms with E-state index in [4.69, 9.17) is 9.47 Å². The summed E-state index contributed by atoms with van der Waals surface area (Å²) in [4.78, 5) is 12.0. The molecule has 20 heavy (non-hydrogen) atoms. The number of nitrogens with one attached hydrogen (secondary N) is 1. The van der Waals surface area contributed by atoms with Gasteiger partial charge in [-0.3, -0.25) is 0 Å². The molecule has 0 spiro atoms. The lowest BCUT2D eigenvalue weighted by atomic mass is 9.92. The van der Waals surface area contributed by atoms with E-state index in [9.17, 15) is 4.79 Å². The molecule has 1 atom stereocenters. The van der Waals surface area contributed by atoms with Crippen LogP contribution in [0.3, 0.4) is 0 Å². The Hall–Kier alpha value is -1.55. The van der Waals surface area contributed by atoms with Crippen molar-refractivity contribution in [3.63, 3.8) is 0 Å². The average molecular weight is 279 g/mol. The summed E-state index contributed by atoms with van der Waals surface area (Å²) in [6.07, 6.45) is -0.448. The smallest absolute Gasteiger partial charge is 0.408 e. The maximum atomic E-state index is 12.0. The molecule has 0 saturated carbocycles. The monoisotopic (exact) mass is 279 g/mol. The zero-order valence-electron chi connectivity index (χ0n) is 13.2. The second-order valence-corrected chi connectivity index (χ2v) is 6.30. The molecule has 0 saturated heterocycles. The lowest BCUT2D eigenvalue weighted by Crippen LogP contribution is -2.45. The molecule has 0 bridgehead atoms. The highest BCUT2D eigenvalue weighted by Crippen LogP contribution is 2.28. The topological polar surface area (TPSA) is 47.6 Å². The number of rotatable bonds is 4. The first-order chi connectivity index (χ1) is 9.15. The molecule has 4 nitrogen and oxygen atoms in total. The first-order valence-electron chi connectivity index (χ1n) is 6.75. The molecule has 1 aromatic carbocycles. The highest BCUT2D eigenvalue weighted by atomic mass is 16.6. The number of hydrogen-bond donors (Lipinski definition) is 1. The summed E-state index contributed by atoms with van der Waals surface area (Å²) in [5.74, 6) is 0. The molecular formula is C16H25NO3. The van der Waals surface area contributed by atoms with Crippen molar-refractivity contribution >= 4 is 6.09 Å². The molecule has 1 N–H and O–H groups in total. The molecule has 1 rings (SSSR count). The van der Waals surface area contributed by atoms with Crippen LogP contribution in [0.5, 0.6) is 0 Å². The summed E-state index contributed by atoms with van der Waals surface area (Å²) in [6.45, 7) is 9.38. The number of ether oxygens (including phenoxy) is 2. The van der Waals surface area contributed by atoms with Crippen molar-refractivity contribution in [2.45, 2.75) is 51.9 Å². The lowest BCUT2D eigenvalue weighted by Gasteiger charge is -2.34. The average Bonchev–Trinajstić information content (AvgIpc) is 2.35. The van der Waals surface area contributed by atoms with Crippen LogP contribution in [0.15, 0.2) is 30.3 Å². The summed E-state index contributed by atoms with van der Waals surface area (Å²) in [7, 11) is 1.63. The summed E-state index contributed by atoms with van der Waals surface area (Å²) < 4.78 is 10.8. The summed E-state index contributed by atoms with van der Waals surface area (Å²) >= 11 is 0. The number of hydrogen-bond acceptors (Lipinski definition) is 3.